The number of hydrogen-bond donors (Lipinski definition) is 1. The first kappa shape index (κ1) is 6.40. The molecule has 0 aromatic carbocycles. The molecule has 2 heteroatoms. The lowest BCUT2D eigenvalue weighted by atomic mass is 10.1. The summed E-state index contributed by atoms with van der Waals surface area (Å²) in [6.45, 7) is 2.11. The Balaban J connectivity index is 2.59. The average molecular weight is 146 g/mol. The highest BCUT2D eigenvalue weighted by atomic mass is 14.8. The highest BCUT2D eigenvalue weighted by Crippen LogP contribution is 2.27. The Morgan fingerprint density at radius 2 is 2.36 bits per heavy atom. The molecule has 0 radical (unpaired) electrons. The quantitative estimate of drug-likeness (QED) is 0.604. The van der Waals surface area contributed by atoms with Gasteiger partial charge >= 0.3 is 0 Å². The fourth-order valence-corrected chi connectivity index (χ4v) is 1.45. The average Bonchev–Trinajstić information content (AvgIpc) is 2.31. The number of anilines is 1. The van der Waals surface area contributed by atoms with Gasteiger partial charge in [0.1, 0.15) is 5.82 Å². The van der Waals surface area contributed by atoms with Gasteiger partial charge in [0.05, 0.1) is 0 Å². The maximum absolute atomic E-state index is 5.69. The molecule has 0 aliphatic heterocycles. The number of nitrogen functional groups attached to an aromatic ring is 1. The number of pyridine rings is 1. The lowest BCUT2D eigenvalue weighted by molar-refractivity contribution is 1.16. The van der Waals surface area contributed by atoms with Crippen LogP contribution in [0.15, 0.2) is 17.8 Å². The van der Waals surface area contributed by atoms with Crippen LogP contribution < -0.4 is 5.73 Å². The van der Waals surface area contributed by atoms with E-state index < -0.39 is 0 Å². The number of nitrogens with zero attached hydrogens (tertiary/aromatic N) is 1. The summed E-state index contributed by atoms with van der Waals surface area (Å²) in [4.78, 5) is 4.03. The molecule has 0 unspecified atom stereocenters. The summed E-state index contributed by atoms with van der Waals surface area (Å²) in [6.07, 6.45) is 4.88. The standard InChI is InChI=1S/C9H10N2/c1-6-4-7-2-3-11-9(10)8(7)5-6/h2-4H,5H2,1H3,(H2,10,11). The van der Waals surface area contributed by atoms with E-state index in [9.17, 15) is 0 Å². The Hall–Kier alpha value is -1.31. The first-order valence-corrected chi connectivity index (χ1v) is 3.68. The van der Waals surface area contributed by atoms with Crippen LogP contribution >= 0.6 is 0 Å². The molecule has 0 saturated carbocycles. The molecular formula is C9H10N2. The molecule has 1 aliphatic rings. The topological polar surface area (TPSA) is 38.9 Å². The van der Waals surface area contributed by atoms with Gasteiger partial charge in [-0.1, -0.05) is 11.6 Å². The zero-order valence-corrected chi connectivity index (χ0v) is 6.46. The van der Waals surface area contributed by atoms with E-state index in [-0.39, 0.29) is 0 Å². The second kappa shape index (κ2) is 2.09. The second-order valence-electron chi connectivity index (χ2n) is 2.93. The van der Waals surface area contributed by atoms with Gasteiger partial charge < -0.3 is 5.73 Å². The van der Waals surface area contributed by atoms with Crippen molar-refractivity contribution in [2.24, 2.45) is 0 Å². The summed E-state index contributed by atoms with van der Waals surface area (Å²) >= 11 is 0. The van der Waals surface area contributed by atoms with Gasteiger partial charge in [-0.05, 0) is 25.0 Å². The van der Waals surface area contributed by atoms with Crippen LogP contribution in [0.5, 0.6) is 0 Å². The minimum Gasteiger partial charge on any atom is -0.383 e. The van der Waals surface area contributed by atoms with E-state index in [0.29, 0.717) is 5.82 Å². The molecule has 0 fully saturated rings. The van der Waals surface area contributed by atoms with Crippen LogP contribution in [0, 0.1) is 0 Å². The Bertz CT molecular complexity index is 326. The molecule has 0 amide bonds. The van der Waals surface area contributed by atoms with Gasteiger partial charge in [-0.2, -0.15) is 0 Å². The van der Waals surface area contributed by atoms with E-state index >= 15 is 0 Å². The maximum Gasteiger partial charge on any atom is 0.127 e. The van der Waals surface area contributed by atoms with Gasteiger partial charge in [0.15, 0.2) is 0 Å². The van der Waals surface area contributed by atoms with Crippen molar-refractivity contribution in [2.75, 3.05) is 5.73 Å². The third-order valence-corrected chi connectivity index (χ3v) is 1.98. The third kappa shape index (κ3) is 0.909. The Morgan fingerprint density at radius 1 is 1.55 bits per heavy atom. The van der Waals surface area contributed by atoms with E-state index in [1.54, 1.807) is 6.20 Å². The second-order valence-corrected chi connectivity index (χ2v) is 2.93. The van der Waals surface area contributed by atoms with Crippen molar-refractivity contribution in [1.82, 2.24) is 4.98 Å². The summed E-state index contributed by atoms with van der Waals surface area (Å²) in [6, 6.07) is 2.00. The fraction of sp³-hybridized carbons (Fsp3) is 0.222. The maximum atomic E-state index is 5.69. The Morgan fingerprint density at radius 3 is 3.09 bits per heavy atom. The first-order valence-electron chi connectivity index (χ1n) is 3.68. The SMILES string of the molecule is CC1=Cc2ccnc(N)c2C1. The van der Waals surface area contributed by atoms with Crippen LogP contribution in [0.3, 0.4) is 0 Å². The van der Waals surface area contributed by atoms with Crippen LogP contribution in [-0.4, -0.2) is 4.98 Å². The van der Waals surface area contributed by atoms with E-state index in [1.165, 1.54) is 16.7 Å². The van der Waals surface area contributed by atoms with E-state index in [4.69, 9.17) is 5.73 Å². The third-order valence-electron chi connectivity index (χ3n) is 1.98. The van der Waals surface area contributed by atoms with Gasteiger partial charge in [0, 0.05) is 11.8 Å². The zero-order chi connectivity index (χ0) is 7.84. The molecule has 2 rings (SSSR count). The summed E-state index contributed by atoms with van der Waals surface area (Å²) in [7, 11) is 0. The smallest absolute Gasteiger partial charge is 0.127 e. The number of nitrogens with two attached hydrogens (primary N) is 1. The van der Waals surface area contributed by atoms with Crippen molar-refractivity contribution in [3.05, 3.63) is 29.0 Å². The minimum atomic E-state index is 0.676. The zero-order valence-electron chi connectivity index (χ0n) is 6.46. The molecule has 0 spiro atoms. The highest BCUT2D eigenvalue weighted by Gasteiger charge is 2.11. The Kier molecular flexibility index (Phi) is 1.22. The van der Waals surface area contributed by atoms with Crippen LogP contribution in [0.1, 0.15) is 18.1 Å². The summed E-state index contributed by atoms with van der Waals surface area (Å²) in [5, 5.41) is 0. The molecule has 2 nitrogen and oxygen atoms in total. The van der Waals surface area contributed by atoms with E-state index in [0.717, 1.165) is 6.42 Å². The van der Waals surface area contributed by atoms with Crippen LogP contribution in [0.25, 0.3) is 6.08 Å². The molecule has 1 heterocycles. The van der Waals surface area contributed by atoms with Crippen molar-refractivity contribution in [3.63, 3.8) is 0 Å². The number of allylic oxidation sites excluding steroid dienone is 1. The lowest BCUT2D eigenvalue weighted by Gasteiger charge is -2.00. The molecule has 56 valence electrons. The van der Waals surface area contributed by atoms with Gasteiger partial charge in [-0.25, -0.2) is 4.98 Å². The van der Waals surface area contributed by atoms with Gasteiger partial charge in [0.2, 0.25) is 0 Å². The summed E-state index contributed by atoms with van der Waals surface area (Å²) < 4.78 is 0. The van der Waals surface area contributed by atoms with Crippen LogP contribution in [0.4, 0.5) is 5.82 Å². The van der Waals surface area contributed by atoms with Gasteiger partial charge in [-0.15, -0.1) is 0 Å². The molecule has 1 aromatic heterocycles. The van der Waals surface area contributed by atoms with Gasteiger partial charge in [0.25, 0.3) is 0 Å². The number of rotatable bonds is 0. The number of hydrogen-bond acceptors (Lipinski definition) is 2. The van der Waals surface area contributed by atoms with Crippen molar-refractivity contribution in [1.29, 1.82) is 0 Å². The monoisotopic (exact) mass is 146 g/mol. The van der Waals surface area contributed by atoms with Crippen molar-refractivity contribution >= 4 is 11.9 Å². The number of aromatic nitrogens is 1. The van der Waals surface area contributed by atoms with E-state index in [1.807, 2.05) is 6.07 Å². The fourth-order valence-electron chi connectivity index (χ4n) is 1.45. The van der Waals surface area contributed by atoms with Crippen molar-refractivity contribution in [2.45, 2.75) is 13.3 Å². The molecule has 0 saturated heterocycles. The lowest BCUT2D eigenvalue weighted by Crippen LogP contribution is -1.96. The minimum absolute atomic E-state index is 0.676. The predicted molar refractivity (Wildman–Crippen MR) is 46.0 cm³/mol. The molecule has 2 N–H and O–H groups in total. The molecule has 0 bridgehead atoms. The first-order chi connectivity index (χ1) is 5.27. The van der Waals surface area contributed by atoms with Crippen molar-refractivity contribution < 1.29 is 0 Å². The summed E-state index contributed by atoms with van der Waals surface area (Å²) in [5.74, 6) is 0.676. The molecular weight excluding hydrogens is 136 g/mol. The molecule has 1 aliphatic carbocycles. The number of fused-ring (bicyclic) bond motifs is 1. The predicted octanol–water partition coefficient (Wildman–Crippen LogP) is 1.62. The largest absolute Gasteiger partial charge is 0.383 e. The van der Waals surface area contributed by atoms with E-state index in [2.05, 4.69) is 18.0 Å². The van der Waals surface area contributed by atoms with Crippen LogP contribution in [0.2, 0.25) is 0 Å². The van der Waals surface area contributed by atoms with Crippen molar-refractivity contribution in [3.8, 4) is 0 Å². The molecule has 0 atom stereocenters. The molecule has 1 aromatic rings. The normalized spacial score (nSPS) is 14.5. The highest BCUT2D eigenvalue weighted by molar-refractivity contribution is 5.67. The Labute approximate surface area is 65.8 Å². The van der Waals surface area contributed by atoms with Gasteiger partial charge in [-0.3, -0.25) is 0 Å². The van der Waals surface area contributed by atoms with Crippen LogP contribution in [-0.2, 0) is 6.42 Å². The summed E-state index contributed by atoms with van der Waals surface area (Å²) in [5.41, 5.74) is 9.47. The molecule has 11 heavy (non-hydrogen) atoms.